The number of carboxylic acids is 1. The van der Waals surface area contributed by atoms with Gasteiger partial charge < -0.3 is 20.2 Å². The summed E-state index contributed by atoms with van der Waals surface area (Å²) in [6, 6.07) is 1.07. The number of nitrogens with zero attached hydrogens (tertiary/aromatic N) is 1. The van der Waals surface area contributed by atoms with E-state index in [0.29, 0.717) is 24.5 Å². The van der Waals surface area contributed by atoms with E-state index in [1.165, 1.54) is 17.4 Å². The van der Waals surface area contributed by atoms with Crippen LogP contribution in [0.2, 0.25) is 0 Å². The standard InChI is InChI=1S/C13H15N3O4S/c1-8-11(12(17)18)4-10(20-8)5-15-13(19)14-3-2-9-6-21-7-16-9/h4,6-7H,2-3,5H2,1H3,(H,17,18)(H2,14,15,19). The first-order chi connectivity index (χ1) is 10.1. The van der Waals surface area contributed by atoms with Crippen LogP contribution in [-0.4, -0.2) is 28.6 Å². The molecule has 0 aliphatic heterocycles. The fourth-order valence-electron chi connectivity index (χ4n) is 1.74. The van der Waals surface area contributed by atoms with Crippen molar-refractivity contribution in [3.8, 4) is 0 Å². The number of rotatable bonds is 6. The van der Waals surface area contributed by atoms with Gasteiger partial charge in [0, 0.05) is 18.3 Å². The molecule has 0 aromatic carbocycles. The molecule has 21 heavy (non-hydrogen) atoms. The van der Waals surface area contributed by atoms with Gasteiger partial charge in [-0.15, -0.1) is 11.3 Å². The van der Waals surface area contributed by atoms with Crippen molar-refractivity contribution in [2.24, 2.45) is 0 Å². The van der Waals surface area contributed by atoms with Crippen molar-refractivity contribution in [3.63, 3.8) is 0 Å². The molecule has 3 N–H and O–H groups in total. The smallest absolute Gasteiger partial charge is 0.339 e. The van der Waals surface area contributed by atoms with Gasteiger partial charge in [-0.3, -0.25) is 0 Å². The second-order valence-corrected chi connectivity index (χ2v) is 5.05. The minimum Gasteiger partial charge on any atom is -0.478 e. The Kier molecular flexibility index (Phi) is 4.94. The highest BCUT2D eigenvalue weighted by molar-refractivity contribution is 7.07. The summed E-state index contributed by atoms with van der Waals surface area (Å²) in [5, 5.41) is 16.1. The molecule has 0 unspecified atom stereocenters. The van der Waals surface area contributed by atoms with Crippen LogP contribution < -0.4 is 10.6 Å². The van der Waals surface area contributed by atoms with Crippen molar-refractivity contribution in [1.29, 1.82) is 0 Å². The Hall–Kier alpha value is -2.35. The van der Waals surface area contributed by atoms with E-state index in [9.17, 15) is 9.59 Å². The number of urea groups is 1. The third-order valence-corrected chi connectivity index (χ3v) is 3.41. The monoisotopic (exact) mass is 309 g/mol. The summed E-state index contributed by atoms with van der Waals surface area (Å²) in [6.07, 6.45) is 0.667. The van der Waals surface area contributed by atoms with Crippen molar-refractivity contribution < 1.29 is 19.1 Å². The largest absolute Gasteiger partial charge is 0.478 e. The zero-order valence-electron chi connectivity index (χ0n) is 11.4. The number of thiazole rings is 1. The lowest BCUT2D eigenvalue weighted by atomic mass is 10.2. The molecule has 0 spiro atoms. The van der Waals surface area contributed by atoms with E-state index in [4.69, 9.17) is 9.52 Å². The minimum absolute atomic E-state index is 0.107. The van der Waals surface area contributed by atoms with E-state index in [-0.39, 0.29) is 18.1 Å². The van der Waals surface area contributed by atoms with E-state index in [1.807, 2.05) is 5.38 Å². The van der Waals surface area contributed by atoms with Gasteiger partial charge in [-0.05, 0) is 13.0 Å². The first-order valence-corrected chi connectivity index (χ1v) is 7.22. The number of nitrogens with one attached hydrogen (secondary N) is 2. The molecule has 7 nitrogen and oxygen atoms in total. The van der Waals surface area contributed by atoms with Gasteiger partial charge in [-0.2, -0.15) is 0 Å². The maximum atomic E-state index is 11.6. The molecule has 0 saturated heterocycles. The molecule has 0 bridgehead atoms. The molecule has 2 aromatic rings. The van der Waals surface area contributed by atoms with Gasteiger partial charge in [0.15, 0.2) is 0 Å². The number of carbonyl (C=O) groups excluding carboxylic acids is 1. The molecule has 0 saturated carbocycles. The number of carboxylic acid groups (broad SMARTS) is 1. The van der Waals surface area contributed by atoms with E-state index in [1.54, 1.807) is 12.4 Å². The minimum atomic E-state index is -1.05. The van der Waals surface area contributed by atoms with Crippen LogP contribution in [0.1, 0.15) is 27.6 Å². The predicted molar refractivity (Wildman–Crippen MR) is 76.5 cm³/mol. The Morgan fingerprint density at radius 1 is 1.43 bits per heavy atom. The number of furan rings is 1. The van der Waals surface area contributed by atoms with E-state index < -0.39 is 5.97 Å². The third-order valence-electron chi connectivity index (χ3n) is 2.77. The maximum absolute atomic E-state index is 11.6. The maximum Gasteiger partial charge on any atom is 0.339 e. The Morgan fingerprint density at radius 2 is 2.24 bits per heavy atom. The average molecular weight is 309 g/mol. The molecule has 2 heterocycles. The number of carbonyl (C=O) groups is 2. The summed E-state index contributed by atoms with van der Waals surface area (Å²) in [5.41, 5.74) is 2.79. The number of aromatic carboxylic acids is 1. The zero-order valence-corrected chi connectivity index (χ0v) is 12.2. The lowest BCUT2D eigenvalue weighted by molar-refractivity contribution is 0.0695. The van der Waals surface area contributed by atoms with Gasteiger partial charge in [-0.25, -0.2) is 14.6 Å². The van der Waals surface area contributed by atoms with Gasteiger partial charge in [0.1, 0.15) is 17.1 Å². The second kappa shape index (κ2) is 6.89. The van der Waals surface area contributed by atoms with Crippen molar-refractivity contribution in [2.45, 2.75) is 19.9 Å². The van der Waals surface area contributed by atoms with Gasteiger partial charge in [-0.1, -0.05) is 0 Å². The zero-order chi connectivity index (χ0) is 15.2. The number of hydrogen-bond acceptors (Lipinski definition) is 5. The van der Waals surface area contributed by atoms with Gasteiger partial charge in [0.05, 0.1) is 17.7 Å². The lowest BCUT2D eigenvalue weighted by Gasteiger charge is -2.05. The summed E-state index contributed by atoms with van der Waals surface area (Å²) in [5.74, 6) is -0.321. The van der Waals surface area contributed by atoms with E-state index in [2.05, 4.69) is 15.6 Å². The van der Waals surface area contributed by atoms with E-state index in [0.717, 1.165) is 5.69 Å². The van der Waals surface area contributed by atoms with Crippen molar-refractivity contribution >= 4 is 23.3 Å². The van der Waals surface area contributed by atoms with Crippen LogP contribution >= 0.6 is 11.3 Å². The Morgan fingerprint density at radius 3 is 2.86 bits per heavy atom. The molecule has 112 valence electrons. The molecule has 0 atom stereocenters. The molecule has 2 rings (SSSR count). The fourth-order valence-corrected chi connectivity index (χ4v) is 2.33. The molecule has 2 amide bonds. The van der Waals surface area contributed by atoms with Crippen LogP contribution in [0.4, 0.5) is 4.79 Å². The molecule has 0 aliphatic carbocycles. The SMILES string of the molecule is Cc1oc(CNC(=O)NCCc2cscn2)cc1C(=O)O. The number of aromatic nitrogens is 1. The van der Waals surface area contributed by atoms with Crippen molar-refractivity contribution in [2.75, 3.05) is 6.54 Å². The highest BCUT2D eigenvalue weighted by Crippen LogP contribution is 2.14. The van der Waals surface area contributed by atoms with Crippen LogP contribution in [0.5, 0.6) is 0 Å². The normalized spacial score (nSPS) is 10.3. The topological polar surface area (TPSA) is 104 Å². The van der Waals surface area contributed by atoms with Crippen molar-refractivity contribution in [1.82, 2.24) is 15.6 Å². The molecule has 2 aromatic heterocycles. The second-order valence-electron chi connectivity index (χ2n) is 4.33. The summed E-state index contributed by atoms with van der Waals surface area (Å²) in [7, 11) is 0. The van der Waals surface area contributed by atoms with Crippen LogP contribution in [-0.2, 0) is 13.0 Å². The quantitative estimate of drug-likeness (QED) is 0.754. The summed E-state index contributed by atoms with van der Waals surface area (Å²) in [4.78, 5) is 26.5. The number of hydrogen-bond donors (Lipinski definition) is 3. The highest BCUT2D eigenvalue weighted by atomic mass is 32.1. The molecule has 8 heteroatoms. The first-order valence-electron chi connectivity index (χ1n) is 6.27. The highest BCUT2D eigenvalue weighted by Gasteiger charge is 2.13. The first kappa shape index (κ1) is 15.0. The lowest BCUT2D eigenvalue weighted by Crippen LogP contribution is -2.36. The Bertz CT molecular complexity index is 621. The number of amides is 2. The fraction of sp³-hybridized carbons (Fsp3) is 0.308. The molecular formula is C13H15N3O4S. The van der Waals surface area contributed by atoms with Crippen molar-refractivity contribution in [3.05, 3.63) is 39.7 Å². The predicted octanol–water partition coefficient (Wildman–Crippen LogP) is 1.78. The van der Waals surface area contributed by atoms with E-state index >= 15 is 0 Å². The van der Waals surface area contributed by atoms with Crippen LogP contribution in [0, 0.1) is 6.92 Å². The number of aryl methyl sites for hydroxylation is 1. The average Bonchev–Trinajstić information content (AvgIpc) is 3.06. The molecule has 0 fully saturated rings. The summed E-state index contributed by atoms with van der Waals surface area (Å²) >= 11 is 1.51. The summed E-state index contributed by atoms with van der Waals surface area (Å²) in [6.45, 7) is 2.19. The van der Waals surface area contributed by atoms with Crippen LogP contribution in [0.3, 0.4) is 0 Å². The van der Waals surface area contributed by atoms with Gasteiger partial charge in [0.2, 0.25) is 0 Å². The molecule has 0 radical (unpaired) electrons. The Labute approximate surface area is 125 Å². The molecular weight excluding hydrogens is 294 g/mol. The van der Waals surface area contributed by atoms with Crippen LogP contribution in [0.25, 0.3) is 0 Å². The van der Waals surface area contributed by atoms with Gasteiger partial charge >= 0.3 is 12.0 Å². The van der Waals surface area contributed by atoms with Gasteiger partial charge in [0.25, 0.3) is 0 Å². The Balaban J connectivity index is 1.73. The third kappa shape index (κ3) is 4.32. The van der Waals surface area contributed by atoms with Crippen LogP contribution in [0.15, 0.2) is 21.4 Å². The molecule has 0 aliphatic rings. The summed E-state index contributed by atoms with van der Waals surface area (Å²) < 4.78 is 5.26.